The summed E-state index contributed by atoms with van der Waals surface area (Å²) in [6, 6.07) is 18.8. The van der Waals surface area contributed by atoms with E-state index in [0.29, 0.717) is 12.1 Å². The van der Waals surface area contributed by atoms with E-state index in [0.717, 1.165) is 12.0 Å². The normalized spacial score (nSPS) is 13.5. The predicted octanol–water partition coefficient (Wildman–Crippen LogP) is 3.60. The van der Waals surface area contributed by atoms with Gasteiger partial charge in [0, 0.05) is 12.1 Å². The smallest absolute Gasteiger partial charge is 0.307 e. The van der Waals surface area contributed by atoms with Crippen LogP contribution in [0.15, 0.2) is 54.6 Å². The van der Waals surface area contributed by atoms with Crippen molar-refractivity contribution in [3.63, 3.8) is 0 Å². The highest BCUT2D eigenvalue weighted by Gasteiger charge is 2.10. The van der Waals surface area contributed by atoms with Gasteiger partial charge >= 0.3 is 5.97 Å². The maximum atomic E-state index is 10.8. The molecule has 2 aromatic carbocycles. The summed E-state index contributed by atoms with van der Waals surface area (Å²) in [5.41, 5.74) is 3.29. The van der Waals surface area contributed by atoms with Crippen LogP contribution in [0, 0.1) is 0 Å². The van der Waals surface area contributed by atoms with Gasteiger partial charge < -0.3 is 10.4 Å². The van der Waals surface area contributed by atoms with Crippen LogP contribution < -0.4 is 5.32 Å². The van der Waals surface area contributed by atoms with Gasteiger partial charge in [-0.05, 0) is 37.0 Å². The van der Waals surface area contributed by atoms with Crippen molar-refractivity contribution in [3.05, 3.63) is 71.3 Å². The van der Waals surface area contributed by atoms with Crippen molar-refractivity contribution in [3.8, 4) is 0 Å². The van der Waals surface area contributed by atoms with Gasteiger partial charge in [0.25, 0.3) is 0 Å². The van der Waals surface area contributed by atoms with Crippen molar-refractivity contribution in [1.29, 1.82) is 0 Å². The lowest BCUT2D eigenvalue weighted by Gasteiger charge is -2.20. The first-order chi connectivity index (χ1) is 10.5. The van der Waals surface area contributed by atoms with E-state index in [1.54, 1.807) is 0 Å². The van der Waals surface area contributed by atoms with Crippen molar-refractivity contribution >= 4 is 5.97 Å². The lowest BCUT2D eigenvalue weighted by atomic mass is 10.0. The Hall–Kier alpha value is -2.13. The third-order valence-electron chi connectivity index (χ3n) is 3.72. The zero-order chi connectivity index (χ0) is 15.9. The van der Waals surface area contributed by atoms with Crippen molar-refractivity contribution < 1.29 is 9.90 Å². The molecule has 22 heavy (non-hydrogen) atoms. The molecular formula is C19H23NO2. The Bertz CT molecular complexity index is 610. The molecule has 0 amide bonds. The number of carboxylic acid groups (broad SMARTS) is 1. The highest BCUT2D eigenvalue weighted by atomic mass is 16.4. The topological polar surface area (TPSA) is 49.3 Å². The van der Waals surface area contributed by atoms with Crippen LogP contribution in [0.1, 0.15) is 36.6 Å². The Balaban J connectivity index is 1.94. The molecule has 3 nitrogen and oxygen atoms in total. The number of hydrogen-bond donors (Lipinski definition) is 2. The van der Waals surface area contributed by atoms with Crippen LogP contribution in [-0.4, -0.2) is 17.1 Å². The lowest BCUT2D eigenvalue weighted by Crippen LogP contribution is -2.30. The van der Waals surface area contributed by atoms with Gasteiger partial charge in [-0.2, -0.15) is 0 Å². The first-order valence-electron chi connectivity index (χ1n) is 7.65. The Morgan fingerprint density at radius 1 is 1.05 bits per heavy atom. The minimum absolute atomic E-state index is 0.0794. The first kappa shape index (κ1) is 16.2. The van der Waals surface area contributed by atoms with E-state index in [1.165, 1.54) is 11.1 Å². The molecule has 2 atom stereocenters. The molecular weight excluding hydrogens is 274 g/mol. The molecule has 0 spiro atoms. The van der Waals surface area contributed by atoms with Gasteiger partial charge in [0.05, 0.1) is 6.42 Å². The van der Waals surface area contributed by atoms with Gasteiger partial charge in [-0.1, -0.05) is 54.6 Å². The monoisotopic (exact) mass is 297 g/mol. The van der Waals surface area contributed by atoms with E-state index >= 15 is 0 Å². The summed E-state index contributed by atoms with van der Waals surface area (Å²) in [6.45, 7) is 4.32. The number of carbonyl (C=O) groups is 1. The van der Waals surface area contributed by atoms with Gasteiger partial charge in [-0.3, -0.25) is 4.79 Å². The molecule has 0 aliphatic heterocycles. The van der Waals surface area contributed by atoms with Gasteiger partial charge in [-0.25, -0.2) is 0 Å². The standard InChI is InChI=1S/C19H23NO2/c1-14(20-15(2)18-9-4-3-5-10-18)11-16-7-6-8-17(12-16)13-19(21)22/h3-10,12,14-15,20H,11,13H2,1-2H3,(H,21,22). The minimum Gasteiger partial charge on any atom is -0.481 e. The zero-order valence-corrected chi connectivity index (χ0v) is 13.1. The highest BCUT2D eigenvalue weighted by molar-refractivity contribution is 5.70. The minimum atomic E-state index is -0.791. The van der Waals surface area contributed by atoms with Gasteiger partial charge in [0.15, 0.2) is 0 Å². The quantitative estimate of drug-likeness (QED) is 0.821. The molecule has 2 unspecified atom stereocenters. The maximum absolute atomic E-state index is 10.8. The SMILES string of the molecule is CC(Cc1cccc(CC(=O)O)c1)NC(C)c1ccccc1. The molecule has 0 radical (unpaired) electrons. The van der Waals surface area contributed by atoms with Gasteiger partial charge in [0.1, 0.15) is 0 Å². The molecule has 0 saturated carbocycles. The molecule has 0 aliphatic rings. The Kier molecular flexibility index (Phi) is 5.73. The summed E-state index contributed by atoms with van der Waals surface area (Å²) < 4.78 is 0. The highest BCUT2D eigenvalue weighted by Crippen LogP contribution is 2.14. The van der Waals surface area contributed by atoms with Crippen LogP contribution in [0.25, 0.3) is 0 Å². The molecule has 0 saturated heterocycles. The van der Waals surface area contributed by atoms with E-state index in [4.69, 9.17) is 5.11 Å². The predicted molar refractivity (Wildman–Crippen MR) is 88.9 cm³/mol. The average molecular weight is 297 g/mol. The van der Waals surface area contributed by atoms with Crippen LogP contribution in [0.2, 0.25) is 0 Å². The third-order valence-corrected chi connectivity index (χ3v) is 3.72. The summed E-state index contributed by atoms with van der Waals surface area (Å²) >= 11 is 0. The molecule has 0 heterocycles. The largest absolute Gasteiger partial charge is 0.481 e. The van der Waals surface area contributed by atoms with Gasteiger partial charge in [-0.15, -0.1) is 0 Å². The summed E-state index contributed by atoms with van der Waals surface area (Å²) in [6.07, 6.45) is 0.959. The fourth-order valence-electron chi connectivity index (χ4n) is 2.72. The van der Waals surface area contributed by atoms with E-state index in [9.17, 15) is 4.79 Å². The van der Waals surface area contributed by atoms with E-state index < -0.39 is 5.97 Å². The molecule has 2 rings (SSSR count). The Morgan fingerprint density at radius 2 is 1.73 bits per heavy atom. The second-order valence-electron chi connectivity index (χ2n) is 5.79. The second kappa shape index (κ2) is 7.76. The average Bonchev–Trinajstić information content (AvgIpc) is 2.47. The van der Waals surface area contributed by atoms with Crippen molar-refractivity contribution in [2.75, 3.05) is 0 Å². The van der Waals surface area contributed by atoms with Crippen molar-refractivity contribution in [1.82, 2.24) is 5.32 Å². The first-order valence-corrected chi connectivity index (χ1v) is 7.65. The molecule has 116 valence electrons. The van der Waals surface area contributed by atoms with E-state index in [-0.39, 0.29) is 6.42 Å². The Morgan fingerprint density at radius 3 is 2.41 bits per heavy atom. The molecule has 0 bridgehead atoms. The summed E-state index contributed by atoms with van der Waals surface area (Å²) in [4.78, 5) is 10.8. The molecule has 3 heteroatoms. The Labute approximate surface area is 132 Å². The maximum Gasteiger partial charge on any atom is 0.307 e. The zero-order valence-electron chi connectivity index (χ0n) is 13.1. The van der Waals surface area contributed by atoms with Crippen LogP contribution >= 0.6 is 0 Å². The molecule has 2 N–H and O–H groups in total. The van der Waals surface area contributed by atoms with Crippen LogP contribution in [0.5, 0.6) is 0 Å². The van der Waals surface area contributed by atoms with E-state index in [1.807, 2.05) is 36.4 Å². The number of aliphatic carboxylic acids is 1. The molecule has 2 aromatic rings. The third kappa shape index (κ3) is 5.01. The lowest BCUT2D eigenvalue weighted by molar-refractivity contribution is -0.136. The summed E-state index contributed by atoms with van der Waals surface area (Å²) in [7, 11) is 0. The number of hydrogen-bond acceptors (Lipinski definition) is 2. The van der Waals surface area contributed by atoms with Crippen LogP contribution in [-0.2, 0) is 17.6 Å². The van der Waals surface area contributed by atoms with Crippen LogP contribution in [0.4, 0.5) is 0 Å². The van der Waals surface area contributed by atoms with Crippen LogP contribution in [0.3, 0.4) is 0 Å². The summed E-state index contributed by atoms with van der Waals surface area (Å²) in [5.74, 6) is -0.791. The summed E-state index contributed by atoms with van der Waals surface area (Å²) in [5, 5.41) is 12.5. The molecule has 0 aliphatic carbocycles. The fraction of sp³-hybridized carbons (Fsp3) is 0.316. The second-order valence-corrected chi connectivity index (χ2v) is 5.79. The molecule has 0 aromatic heterocycles. The fourth-order valence-corrected chi connectivity index (χ4v) is 2.72. The molecule has 0 fully saturated rings. The number of rotatable bonds is 7. The number of benzene rings is 2. The van der Waals surface area contributed by atoms with Crippen molar-refractivity contribution in [2.45, 2.75) is 38.8 Å². The van der Waals surface area contributed by atoms with Gasteiger partial charge in [0.2, 0.25) is 0 Å². The van der Waals surface area contributed by atoms with E-state index in [2.05, 4.69) is 37.4 Å². The number of nitrogens with one attached hydrogen (secondary N) is 1. The number of carboxylic acids is 1. The van der Waals surface area contributed by atoms with Crippen molar-refractivity contribution in [2.24, 2.45) is 0 Å².